The Morgan fingerprint density at radius 3 is 2.75 bits per heavy atom. The number of nitrogens with zero attached hydrogens (tertiary/aromatic N) is 1. The van der Waals surface area contributed by atoms with Crippen LogP contribution in [0.25, 0.3) is 0 Å². The van der Waals surface area contributed by atoms with Crippen LogP contribution in [0, 0.1) is 0 Å². The van der Waals surface area contributed by atoms with Crippen LogP contribution >= 0.6 is 23.4 Å². The topological polar surface area (TPSA) is 93.5 Å². The first-order valence-electron chi connectivity index (χ1n) is 4.31. The Kier molecular flexibility index (Phi) is 4.39. The normalized spacial score (nSPS) is 11.2. The van der Waals surface area contributed by atoms with Crippen molar-refractivity contribution in [3.63, 3.8) is 0 Å². The fourth-order valence-corrected chi connectivity index (χ4v) is 1.39. The number of nitrogen functional groups attached to an aromatic ring is 1. The third-order valence-corrected chi connectivity index (χ3v) is 2.32. The van der Waals surface area contributed by atoms with Crippen molar-refractivity contribution in [2.24, 2.45) is 10.2 Å². The summed E-state index contributed by atoms with van der Waals surface area (Å²) in [5.74, 6) is -0.508. The minimum Gasteiger partial charge on any atom is -0.399 e. The molecule has 0 heterocycles. The Morgan fingerprint density at radius 2 is 2.19 bits per heavy atom. The maximum atomic E-state index is 11.4. The molecule has 7 heteroatoms. The molecular formula is C9H10Cl2N4O. The molecule has 0 saturated heterocycles. The number of benzene rings is 1. The van der Waals surface area contributed by atoms with Crippen molar-refractivity contribution in [1.29, 1.82) is 0 Å². The quantitative estimate of drug-likeness (QED) is 0.422. The van der Waals surface area contributed by atoms with E-state index in [1.165, 1.54) is 0 Å². The first-order valence-corrected chi connectivity index (χ1v) is 5.02. The monoisotopic (exact) mass is 260 g/mol. The molecule has 0 saturated carbocycles. The zero-order valence-electron chi connectivity index (χ0n) is 8.21. The fourth-order valence-electron chi connectivity index (χ4n) is 1.09. The van der Waals surface area contributed by atoms with Gasteiger partial charge < -0.3 is 11.5 Å². The third-order valence-electron chi connectivity index (χ3n) is 1.79. The van der Waals surface area contributed by atoms with E-state index in [4.69, 9.17) is 34.8 Å². The maximum Gasteiger partial charge on any atom is 0.231 e. The number of anilines is 1. The molecule has 1 aromatic carbocycles. The van der Waals surface area contributed by atoms with E-state index in [2.05, 4.69) is 9.83 Å². The molecule has 0 bridgehead atoms. The highest BCUT2D eigenvalue weighted by molar-refractivity contribution is 6.31. The summed E-state index contributed by atoms with van der Waals surface area (Å²) in [6.45, 7) is 0. The number of rotatable bonds is 2. The summed E-state index contributed by atoms with van der Waals surface area (Å²) >= 11 is 11.0. The lowest BCUT2D eigenvalue weighted by Gasteiger charge is -2.05. The summed E-state index contributed by atoms with van der Waals surface area (Å²) in [7, 11) is 0. The molecule has 0 aliphatic rings. The van der Waals surface area contributed by atoms with Crippen molar-refractivity contribution in [2.45, 2.75) is 6.42 Å². The summed E-state index contributed by atoms with van der Waals surface area (Å²) in [6.07, 6.45) is 0.0756. The summed E-state index contributed by atoms with van der Waals surface area (Å²) in [5, 5.41) is 2.71. The molecule has 0 aliphatic heterocycles. The van der Waals surface area contributed by atoms with E-state index >= 15 is 0 Å². The number of carbonyl (C=O) groups excluding carboxylic acids is 1. The van der Waals surface area contributed by atoms with Gasteiger partial charge in [0.15, 0.2) is 0 Å². The summed E-state index contributed by atoms with van der Waals surface area (Å²) in [4.78, 5) is 11.4. The van der Waals surface area contributed by atoms with Crippen molar-refractivity contribution in [3.8, 4) is 0 Å². The van der Waals surface area contributed by atoms with E-state index in [0.717, 1.165) is 0 Å². The first-order chi connectivity index (χ1) is 7.52. The number of nitrogens with one attached hydrogen (secondary N) is 1. The molecule has 0 spiro atoms. The second kappa shape index (κ2) is 5.58. The highest BCUT2D eigenvalue weighted by atomic mass is 35.5. The van der Waals surface area contributed by atoms with Crippen LogP contribution < -0.4 is 16.8 Å². The van der Waals surface area contributed by atoms with Crippen molar-refractivity contribution in [1.82, 2.24) is 5.32 Å². The van der Waals surface area contributed by atoms with Crippen LogP contribution in [0.5, 0.6) is 0 Å². The predicted molar refractivity (Wildman–Crippen MR) is 65.2 cm³/mol. The van der Waals surface area contributed by atoms with Crippen molar-refractivity contribution < 1.29 is 4.79 Å². The van der Waals surface area contributed by atoms with Crippen LogP contribution in [0.15, 0.2) is 22.7 Å². The molecule has 5 nitrogen and oxygen atoms in total. The Bertz CT molecular complexity index is 434. The van der Waals surface area contributed by atoms with Gasteiger partial charge >= 0.3 is 0 Å². The highest BCUT2D eigenvalue weighted by Gasteiger charge is 2.08. The average molecular weight is 261 g/mol. The van der Waals surface area contributed by atoms with Crippen LogP contribution in [0.3, 0.4) is 0 Å². The average Bonchev–Trinajstić information content (AvgIpc) is 2.22. The van der Waals surface area contributed by atoms with Crippen LogP contribution in [-0.2, 0) is 11.2 Å². The third kappa shape index (κ3) is 3.60. The smallest absolute Gasteiger partial charge is 0.231 e. The molecule has 0 aliphatic carbocycles. The number of halogens is 2. The molecule has 1 rings (SSSR count). The molecule has 0 radical (unpaired) electrons. The minimum atomic E-state index is -0.353. The van der Waals surface area contributed by atoms with Crippen LogP contribution in [-0.4, -0.2) is 11.9 Å². The lowest BCUT2D eigenvalue weighted by atomic mass is 10.1. The second-order valence-corrected chi connectivity index (χ2v) is 3.62. The van der Waals surface area contributed by atoms with E-state index in [9.17, 15) is 4.79 Å². The van der Waals surface area contributed by atoms with Gasteiger partial charge in [-0.05, 0) is 17.7 Å². The van der Waals surface area contributed by atoms with E-state index in [1.807, 2.05) is 0 Å². The van der Waals surface area contributed by atoms with Gasteiger partial charge in [0.05, 0.1) is 6.42 Å². The molecule has 16 heavy (non-hydrogen) atoms. The van der Waals surface area contributed by atoms with Crippen LogP contribution in [0.1, 0.15) is 5.56 Å². The maximum absolute atomic E-state index is 11.4. The van der Waals surface area contributed by atoms with Gasteiger partial charge in [-0.15, -0.1) is 4.51 Å². The van der Waals surface area contributed by atoms with Gasteiger partial charge in [0.2, 0.25) is 11.9 Å². The van der Waals surface area contributed by atoms with E-state index in [0.29, 0.717) is 16.3 Å². The number of amides is 1. The molecule has 1 aromatic rings. The van der Waals surface area contributed by atoms with Gasteiger partial charge in [-0.1, -0.05) is 17.7 Å². The van der Waals surface area contributed by atoms with E-state index in [1.54, 1.807) is 18.2 Å². The molecular weight excluding hydrogens is 251 g/mol. The largest absolute Gasteiger partial charge is 0.399 e. The van der Waals surface area contributed by atoms with Gasteiger partial charge in [-0.2, -0.15) is 0 Å². The summed E-state index contributed by atoms with van der Waals surface area (Å²) < 4.78 is 3.09. The van der Waals surface area contributed by atoms with E-state index in [-0.39, 0.29) is 18.3 Å². The van der Waals surface area contributed by atoms with Gasteiger partial charge in [0.25, 0.3) is 0 Å². The Balaban J connectivity index is 2.70. The first kappa shape index (κ1) is 12.6. The summed E-state index contributed by atoms with van der Waals surface area (Å²) in [5.41, 5.74) is 11.9. The molecule has 1 amide bonds. The molecule has 86 valence electrons. The van der Waals surface area contributed by atoms with Gasteiger partial charge in [0, 0.05) is 22.5 Å². The van der Waals surface area contributed by atoms with E-state index < -0.39 is 0 Å². The number of nitrogens with two attached hydrogens (primary N) is 2. The highest BCUT2D eigenvalue weighted by Crippen LogP contribution is 2.19. The molecule has 0 fully saturated rings. The predicted octanol–water partition coefficient (Wildman–Crippen LogP) is 1.05. The Morgan fingerprint density at radius 1 is 1.50 bits per heavy atom. The Labute approximate surface area is 103 Å². The van der Waals surface area contributed by atoms with Crippen molar-refractivity contribution >= 4 is 40.9 Å². The summed E-state index contributed by atoms with van der Waals surface area (Å²) in [6, 6.07) is 4.90. The SMILES string of the molecule is NC(=NCl)NC(=O)Cc1ccc(N)cc1Cl. The lowest BCUT2D eigenvalue weighted by Crippen LogP contribution is -2.37. The zero-order valence-corrected chi connectivity index (χ0v) is 9.72. The van der Waals surface area contributed by atoms with Crippen LogP contribution in [0.2, 0.25) is 5.02 Å². The molecule has 5 N–H and O–H groups in total. The molecule has 0 atom stereocenters. The van der Waals surface area contributed by atoms with Gasteiger partial charge in [-0.25, -0.2) is 0 Å². The van der Waals surface area contributed by atoms with Crippen molar-refractivity contribution in [2.75, 3.05) is 5.73 Å². The Hall–Kier alpha value is -1.46. The number of carbonyl (C=O) groups is 1. The number of hydrogen-bond donors (Lipinski definition) is 3. The van der Waals surface area contributed by atoms with Crippen molar-refractivity contribution in [3.05, 3.63) is 28.8 Å². The van der Waals surface area contributed by atoms with Gasteiger partial charge in [0.1, 0.15) is 0 Å². The zero-order chi connectivity index (χ0) is 12.1. The van der Waals surface area contributed by atoms with Crippen LogP contribution in [0.4, 0.5) is 5.69 Å². The standard InChI is InChI=1S/C9H10Cl2N4O/c10-7-4-6(12)2-1-5(7)3-8(16)14-9(13)15-11/h1-2,4H,3,12H2,(H3,13,14,15,16). The second-order valence-electron chi connectivity index (χ2n) is 3.05. The lowest BCUT2D eigenvalue weighted by molar-refractivity contribution is -0.119. The number of hydrogen-bond acceptors (Lipinski definition) is 3. The molecule has 0 unspecified atom stereocenters. The number of guanidine groups is 1. The fraction of sp³-hybridized carbons (Fsp3) is 0.111. The minimum absolute atomic E-state index is 0.0756. The van der Waals surface area contributed by atoms with Gasteiger partial charge in [-0.3, -0.25) is 10.1 Å². The molecule has 0 aromatic heterocycles.